The van der Waals surface area contributed by atoms with E-state index in [0.717, 1.165) is 19.4 Å². The second kappa shape index (κ2) is 8.45. The molecule has 2 aliphatic rings. The molecule has 126 valence electrons. The van der Waals surface area contributed by atoms with E-state index in [4.69, 9.17) is 9.47 Å². The van der Waals surface area contributed by atoms with Crippen molar-refractivity contribution >= 4 is 11.8 Å². The van der Waals surface area contributed by atoms with Crippen LogP contribution >= 0.6 is 0 Å². The summed E-state index contributed by atoms with van der Waals surface area (Å²) in [5.74, 6) is 0.0877. The van der Waals surface area contributed by atoms with Crippen molar-refractivity contribution in [2.45, 2.75) is 31.8 Å². The number of hydrogen-bond acceptors (Lipinski definition) is 5. The molecule has 0 spiro atoms. The monoisotopic (exact) mass is 313 g/mol. The molecule has 2 aliphatic heterocycles. The van der Waals surface area contributed by atoms with E-state index in [1.165, 1.54) is 0 Å². The molecule has 0 aromatic carbocycles. The molecule has 2 heterocycles. The lowest BCUT2D eigenvalue weighted by Crippen LogP contribution is -2.52. The number of carbonyl (C=O) groups is 2. The summed E-state index contributed by atoms with van der Waals surface area (Å²) < 4.78 is 10.3. The predicted octanol–water partition coefficient (Wildman–Crippen LogP) is -0.539. The minimum absolute atomic E-state index is 0.0199. The first-order valence-electron chi connectivity index (χ1n) is 8.00. The summed E-state index contributed by atoms with van der Waals surface area (Å²) in [5.41, 5.74) is 0. The van der Waals surface area contributed by atoms with Crippen LogP contribution in [0.3, 0.4) is 0 Å². The molecule has 7 nitrogen and oxygen atoms in total. The molecule has 2 fully saturated rings. The van der Waals surface area contributed by atoms with E-state index in [0.29, 0.717) is 32.9 Å². The molecule has 0 radical (unpaired) electrons. The number of carbonyl (C=O) groups excluding carboxylic acids is 2. The van der Waals surface area contributed by atoms with Gasteiger partial charge in [0.15, 0.2) is 0 Å². The van der Waals surface area contributed by atoms with Gasteiger partial charge in [-0.3, -0.25) is 14.5 Å². The molecule has 2 saturated heterocycles. The first-order chi connectivity index (χ1) is 10.6. The summed E-state index contributed by atoms with van der Waals surface area (Å²) in [7, 11) is 1.61. The van der Waals surface area contributed by atoms with Crippen molar-refractivity contribution in [2.75, 3.05) is 53.1 Å². The molecule has 1 N–H and O–H groups in total. The number of morpholine rings is 1. The van der Waals surface area contributed by atoms with Crippen LogP contribution < -0.4 is 5.32 Å². The van der Waals surface area contributed by atoms with Crippen molar-refractivity contribution in [3.05, 3.63) is 0 Å². The third kappa shape index (κ3) is 4.66. The van der Waals surface area contributed by atoms with Crippen molar-refractivity contribution in [1.29, 1.82) is 0 Å². The molecule has 0 unspecified atom stereocenters. The zero-order valence-corrected chi connectivity index (χ0v) is 13.5. The highest BCUT2D eigenvalue weighted by Crippen LogP contribution is 2.19. The Bertz CT molecular complexity index is 385. The van der Waals surface area contributed by atoms with Crippen LogP contribution in [0.15, 0.2) is 0 Å². The fraction of sp³-hybridized carbons (Fsp3) is 0.867. The van der Waals surface area contributed by atoms with E-state index < -0.39 is 0 Å². The Morgan fingerprint density at radius 2 is 2.05 bits per heavy atom. The van der Waals surface area contributed by atoms with E-state index in [1.54, 1.807) is 7.11 Å². The van der Waals surface area contributed by atoms with Crippen LogP contribution in [0.4, 0.5) is 0 Å². The van der Waals surface area contributed by atoms with Crippen molar-refractivity contribution in [3.8, 4) is 0 Å². The Labute approximate surface area is 131 Å². The van der Waals surface area contributed by atoms with E-state index in [2.05, 4.69) is 5.32 Å². The maximum atomic E-state index is 12.6. The van der Waals surface area contributed by atoms with Gasteiger partial charge < -0.3 is 19.7 Å². The van der Waals surface area contributed by atoms with E-state index in [-0.39, 0.29) is 30.4 Å². The molecule has 2 atom stereocenters. The van der Waals surface area contributed by atoms with Crippen molar-refractivity contribution < 1.29 is 19.1 Å². The number of amides is 2. The summed E-state index contributed by atoms with van der Waals surface area (Å²) in [6.45, 7) is 5.98. The van der Waals surface area contributed by atoms with Gasteiger partial charge in [0.2, 0.25) is 11.8 Å². The fourth-order valence-corrected chi connectivity index (χ4v) is 3.09. The lowest BCUT2D eigenvalue weighted by molar-refractivity contribution is -0.140. The molecule has 2 rings (SSSR count). The van der Waals surface area contributed by atoms with E-state index in [1.807, 2.05) is 16.7 Å². The van der Waals surface area contributed by atoms with Crippen LogP contribution in [0.2, 0.25) is 0 Å². The quantitative estimate of drug-likeness (QED) is 0.713. The van der Waals surface area contributed by atoms with Crippen molar-refractivity contribution in [1.82, 2.24) is 15.1 Å². The maximum absolute atomic E-state index is 12.6. The number of nitrogens with zero attached hydrogens (tertiary/aromatic N) is 2. The lowest BCUT2D eigenvalue weighted by atomic mass is 10.2. The topological polar surface area (TPSA) is 71.1 Å². The van der Waals surface area contributed by atoms with Crippen LogP contribution in [0.1, 0.15) is 19.8 Å². The number of methoxy groups -OCH3 is 1. The Morgan fingerprint density at radius 1 is 1.32 bits per heavy atom. The Balaban J connectivity index is 1.84. The van der Waals surface area contributed by atoms with Gasteiger partial charge in [0, 0.05) is 26.2 Å². The Kier molecular flexibility index (Phi) is 6.60. The first kappa shape index (κ1) is 17.2. The molecule has 0 saturated carbocycles. The van der Waals surface area contributed by atoms with Crippen LogP contribution in [0.25, 0.3) is 0 Å². The highest BCUT2D eigenvalue weighted by atomic mass is 16.5. The smallest absolute Gasteiger partial charge is 0.240 e. The summed E-state index contributed by atoms with van der Waals surface area (Å²) in [6.07, 6.45) is 1.79. The molecular formula is C15H27N3O4. The van der Waals surface area contributed by atoms with Crippen LogP contribution in [0, 0.1) is 0 Å². The number of nitrogens with one attached hydrogen (secondary N) is 1. The summed E-state index contributed by atoms with van der Waals surface area (Å²) in [4.78, 5) is 28.5. The zero-order chi connectivity index (χ0) is 15.9. The first-order valence-corrected chi connectivity index (χ1v) is 8.00. The molecular weight excluding hydrogens is 286 g/mol. The third-order valence-corrected chi connectivity index (χ3v) is 4.14. The second-order valence-electron chi connectivity index (χ2n) is 5.99. The summed E-state index contributed by atoms with van der Waals surface area (Å²) in [6, 6.07) is -0.185. The molecule has 22 heavy (non-hydrogen) atoms. The van der Waals surface area contributed by atoms with Crippen LogP contribution in [-0.2, 0) is 19.1 Å². The fourth-order valence-electron chi connectivity index (χ4n) is 3.09. The van der Waals surface area contributed by atoms with Gasteiger partial charge in [-0.15, -0.1) is 0 Å². The van der Waals surface area contributed by atoms with Crippen LogP contribution in [0.5, 0.6) is 0 Å². The van der Waals surface area contributed by atoms with Gasteiger partial charge in [0.1, 0.15) is 0 Å². The second-order valence-corrected chi connectivity index (χ2v) is 5.99. The van der Waals surface area contributed by atoms with E-state index in [9.17, 15) is 9.59 Å². The SMILES string of the molecule is COC[C@H](C)NC(=O)CN1CCC[C@H]1C(=O)N1CCOCC1. The van der Waals surface area contributed by atoms with Gasteiger partial charge >= 0.3 is 0 Å². The Morgan fingerprint density at radius 3 is 2.73 bits per heavy atom. The van der Waals surface area contributed by atoms with Crippen molar-refractivity contribution in [2.24, 2.45) is 0 Å². The van der Waals surface area contributed by atoms with Crippen molar-refractivity contribution in [3.63, 3.8) is 0 Å². The van der Waals surface area contributed by atoms with Gasteiger partial charge in [-0.1, -0.05) is 0 Å². The average Bonchev–Trinajstić information content (AvgIpc) is 2.95. The van der Waals surface area contributed by atoms with E-state index >= 15 is 0 Å². The van der Waals surface area contributed by atoms with Gasteiger partial charge in [-0.25, -0.2) is 0 Å². The predicted molar refractivity (Wildman–Crippen MR) is 81.5 cm³/mol. The number of ether oxygens (including phenoxy) is 2. The normalized spacial score (nSPS) is 24.3. The standard InChI is InChI=1S/C15H27N3O4/c1-12(11-21-2)16-14(19)10-18-5-3-4-13(18)15(20)17-6-8-22-9-7-17/h12-13H,3-11H2,1-2H3,(H,16,19)/t12-,13-/m0/s1. The number of hydrogen-bond donors (Lipinski definition) is 1. The number of rotatable bonds is 6. The van der Waals surface area contributed by atoms with Gasteiger partial charge in [-0.2, -0.15) is 0 Å². The zero-order valence-electron chi connectivity index (χ0n) is 13.5. The van der Waals surface area contributed by atoms with Gasteiger partial charge in [0.25, 0.3) is 0 Å². The average molecular weight is 313 g/mol. The molecule has 0 aromatic heterocycles. The summed E-state index contributed by atoms with van der Waals surface area (Å²) >= 11 is 0. The minimum atomic E-state index is -0.165. The highest BCUT2D eigenvalue weighted by molar-refractivity contribution is 5.84. The lowest BCUT2D eigenvalue weighted by Gasteiger charge is -2.32. The number of likely N-dealkylation sites (tertiary alicyclic amines) is 1. The van der Waals surface area contributed by atoms with Gasteiger partial charge in [-0.05, 0) is 26.3 Å². The maximum Gasteiger partial charge on any atom is 0.240 e. The summed E-state index contributed by atoms with van der Waals surface area (Å²) in [5, 5.41) is 2.90. The molecule has 7 heteroatoms. The molecule has 0 aliphatic carbocycles. The molecule has 0 bridgehead atoms. The Hall–Kier alpha value is -1.18. The molecule has 2 amide bonds. The largest absolute Gasteiger partial charge is 0.383 e. The highest BCUT2D eigenvalue weighted by Gasteiger charge is 2.35. The minimum Gasteiger partial charge on any atom is -0.383 e. The van der Waals surface area contributed by atoms with Gasteiger partial charge in [0.05, 0.1) is 32.4 Å². The molecule has 0 aromatic rings. The third-order valence-electron chi connectivity index (χ3n) is 4.14. The van der Waals surface area contributed by atoms with Crippen LogP contribution in [-0.4, -0.2) is 86.8 Å².